The molecule has 0 aliphatic heterocycles. The molecule has 1 atom stereocenters. The van der Waals surface area contributed by atoms with Gasteiger partial charge in [0.2, 0.25) is 0 Å². The van der Waals surface area contributed by atoms with Crippen molar-refractivity contribution < 1.29 is 19.4 Å². The highest BCUT2D eigenvalue weighted by molar-refractivity contribution is 7.10. The zero-order valence-corrected chi connectivity index (χ0v) is 11.8. The zero-order valence-electron chi connectivity index (χ0n) is 10.9. The van der Waals surface area contributed by atoms with Crippen LogP contribution in [0, 0.1) is 13.8 Å². The third-order valence-corrected chi connectivity index (χ3v) is 3.67. The third kappa shape index (κ3) is 4.18. The number of aryl methyl sites for hydroxylation is 1. The molecule has 0 bridgehead atoms. The fraction of sp³-hybridized carbons (Fsp3) is 0.385. The molecule has 0 aliphatic carbocycles. The average Bonchev–Trinajstić information content (AvgIpc) is 2.68. The van der Waals surface area contributed by atoms with E-state index in [2.05, 4.69) is 11.9 Å². The van der Waals surface area contributed by atoms with Gasteiger partial charge in [-0.15, -0.1) is 17.9 Å². The van der Waals surface area contributed by atoms with Crippen LogP contribution in [-0.2, 0) is 9.53 Å². The molecule has 1 unspecified atom stereocenters. The maximum absolute atomic E-state index is 12.0. The van der Waals surface area contributed by atoms with Crippen LogP contribution in [0.1, 0.15) is 20.8 Å². The first-order chi connectivity index (χ1) is 8.97. The lowest BCUT2D eigenvalue weighted by molar-refractivity contribution is -0.140. The summed E-state index contributed by atoms with van der Waals surface area (Å²) in [6.45, 7) is 7.38. The number of carbonyl (C=O) groups is 2. The molecule has 5 nitrogen and oxygen atoms in total. The Morgan fingerprint density at radius 3 is 2.74 bits per heavy atom. The second kappa shape index (κ2) is 7.06. The van der Waals surface area contributed by atoms with Crippen LogP contribution < -0.4 is 5.32 Å². The first-order valence-corrected chi connectivity index (χ1v) is 6.62. The van der Waals surface area contributed by atoms with Crippen LogP contribution in [0.25, 0.3) is 0 Å². The van der Waals surface area contributed by atoms with Gasteiger partial charge in [-0.25, -0.2) is 4.79 Å². The Bertz CT molecular complexity index is 481. The van der Waals surface area contributed by atoms with Crippen molar-refractivity contribution in [2.24, 2.45) is 0 Å². The van der Waals surface area contributed by atoms with Crippen molar-refractivity contribution in [3.63, 3.8) is 0 Å². The molecule has 0 radical (unpaired) electrons. The fourth-order valence-electron chi connectivity index (χ4n) is 1.42. The number of hydrogen-bond acceptors (Lipinski definition) is 4. The lowest BCUT2D eigenvalue weighted by Gasteiger charge is -2.14. The van der Waals surface area contributed by atoms with Gasteiger partial charge >= 0.3 is 5.97 Å². The Balaban J connectivity index is 2.68. The van der Waals surface area contributed by atoms with Crippen LogP contribution in [0.3, 0.4) is 0 Å². The number of aliphatic carboxylic acids is 1. The van der Waals surface area contributed by atoms with Crippen molar-refractivity contribution in [1.82, 2.24) is 5.32 Å². The summed E-state index contributed by atoms with van der Waals surface area (Å²) in [7, 11) is 0. The van der Waals surface area contributed by atoms with E-state index in [1.165, 1.54) is 17.4 Å². The summed E-state index contributed by atoms with van der Waals surface area (Å²) in [5, 5.41) is 13.2. The second-order valence-corrected chi connectivity index (χ2v) is 5.10. The van der Waals surface area contributed by atoms with Crippen molar-refractivity contribution in [1.29, 1.82) is 0 Å². The maximum Gasteiger partial charge on any atom is 0.328 e. The Kier molecular flexibility index (Phi) is 5.72. The highest BCUT2D eigenvalue weighted by Crippen LogP contribution is 2.20. The molecular formula is C13H17NO4S. The molecule has 2 N–H and O–H groups in total. The van der Waals surface area contributed by atoms with Crippen LogP contribution >= 0.6 is 11.3 Å². The molecule has 0 fully saturated rings. The molecule has 1 aromatic rings. The van der Waals surface area contributed by atoms with Gasteiger partial charge in [-0.05, 0) is 19.4 Å². The van der Waals surface area contributed by atoms with E-state index in [4.69, 9.17) is 9.84 Å². The van der Waals surface area contributed by atoms with Crippen molar-refractivity contribution in [2.75, 3.05) is 13.2 Å². The molecule has 0 saturated heterocycles. The van der Waals surface area contributed by atoms with Gasteiger partial charge in [-0.3, -0.25) is 4.79 Å². The molecule has 6 heteroatoms. The fourth-order valence-corrected chi connectivity index (χ4v) is 2.28. The van der Waals surface area contributed by atoms with Crippen molar-refractivity contribution in [3.8, 4) is 0 Å². The number of thiophene rings is 1. The molecule has 1 aromatic heterocycles. The topological polar surface area (TPSA) is 75.6 Å². The Morgan fingerprint density at radius 2 is 2.26 bits per heavy atom. The second-order valence-electron chi connectivity index (χ2n) is 4.02. The predicted octanol–water partition coefficient (Wildman–Crippen LogP) is 1.75. The SMILES string of the molecule is C=CCOCC(NC(=O)c1csc(C)c1C)C(=O)O. The highest BCUT2D eigenvalue weighted by Gasteiger charge is 2.22. The van der Waals surface area contributed by atoms with Crippen LogP contribution in [-0.4, -0.2) is 36.2 Å². The molecule has 19 heavy (non-hydrogen) atoms. The van der Waals surface area contributed by atoms with E-state index in [9.17, 15) is 9.59 Å². The van der Waals surface area contributed by atoms with Crippen LogP contribution in [0.2, 0.25) is 0 Å². The van der Waals surface area contributed by atoms with E-state index in [0.29, 0.717) is 5.56 Å². The highest BCUT2D eigenvalue weighted by atomic mass is 32.1. The molecule has 0 aromatic carbocycles. The molecule has 104 valence electrons. The normalized spacial score (nSPS) is 11.9. The average molecular weight is 283 g/mol. The van der Waals surface area contributed by atoms with E-state index in [0.717, 1.165) is 10.4 Å². The summed E-state index contributed by atoms with van der Waals surface area (Å²) in [6, 6.07) is -1.06. The van der Waals surface area contributed by atoms with Gasteiger partial charge in [0.05, 0.1) is 18.8 Å². The Morgan fingerprint density at radius 1 is 1.58 bits per heavy atom. The maximum atomic E-state index is 12.0. The van der Waals surface area contributed by atoms with Gasteiger partial charge in [0.1, 0.15) is 0 Å². The van der Waals surface area contributed by atoms with Gasteiger partial charge in [0, 0.05) is 10.3 Å². The Labute approximate surface area is 115 Å². The van der Waals surface area contributed by atoms with E-state index in [1.807, 2.05) is 13.8 Å². The first-order valence-electron chi connectivity index (χ1n) is 5.74. The van der Waals surface area contributed by atoms with Crippen molar-refractivity contribution >= 4 is 23.2 Å². The minimum absolute atomic E-state index is 0.0880. The number of rotatable bonds is 7. The third-order valence-electron chi connectivity index (χ3n) is 2.65. The quantitative estimate of drug-likeness (QED) is 0.590. The van der Waals surface area contributed by atoms with Gasteiger partial charge in [0.15, 0.2) is 6.04 Å². The van der Waals surface area contributed by atoms with Crippen LogP contribution in [0.4, 0.5) is 0 Å². The molecule has 1 amide bonds. The van der Waals surface area contributed by atoms with Crippen LogP contribution in [0.5, 0.6) is 0 Å². The summed E-state index contributed by atoms with van der Waals surface area (Å²) in [4.78, 5) is 24.1. The summed E-state index contributed by atoms with van der Waals surface area (Å²) < 4.78 is 5.07. The van der Waals surface area contributed by atoms with E-state index < -0.39 is 17.9 Å². The summed E-state index contributed by atoms with van der Waals surface area (Å²) in [5.74, 6) is -1.52. The largest absolute Gasteiger partial charge is 0.480 e. The lowest BCUT2D eigenvalue weighted by atomic mass is 10.1. The van der Waals surface area contributed by atoms with Gasteiger partial charge in [-0.2, -0.15) is 0 Å². The minimum Gasteiger partial charge on any atom is -0.480 e. The lowest BCUT2D eigenvalue weighted by Crippen LogP contribution is -2.44. The molecule has 1 heterocycles. The summed E-state index contributed by atoms with van der Waals surface area (Å²) >= 11 is 1.46. The van der Waals surface area contributed by atoms with Crippen molar-refractivity contribution in [3.05, 3.63) is 34.0 Å². The zero-order chi connectivity index (χ0) is 14.4. The van der Waals surface area contributed by atoms with Gasteiger partial charge in [0.25, 0.3) is 5.91 Å². The molecule has 0 aliphatic rings. The number of carboxylic acid groups (broad SMARTS) is 1. The van der Waals surface area contributed by atoms with Crippen molar-refractivity contribution in [2.45, 2.75) is 19.9 Å². The Hall–Kier alpha value is -1.66. The van der Waals surface area contributed by atoms with Gasteiger partial charge in [-0.1, -0.05) is 6.08 Å². The van der Waals surface area contributed by atoms with Gasteiger partial charge < -0.3 is 15.2 Å². The molecule has 1 rings (SSSR count). The molecule has 0 spiro atoms. The molecule has 0 saturated carbocycles. The van der Waals surface area contributed by atoms with E-state index in [1.54, 1.807) is 5.38 Å². The number of carboxylic acids is 1. The van der Waals surface area contributed by atoms with E-state index in [-0.39, 0.29) is 13.2 Å². The van der Waals surface area contributed by atoms with Crippen LogP contribution in [0.15, 0.2) is 18.0 Å². The number of amides is 1. The number of nitrogens with one attached hydrogen (secondary N) is 1. The number of ether oxygens (including phenoxy) is 1. The first kappa shape index (κ1) is 15.4. The van der Waals surface area contributed by atoms with E-state index >= 15 is 0 Å². The number of carbonyl (C=O) groups excluding carboxylic acids is 1. The summed E-state index contributed by atoms with van der Waals surface area (Å²) in [5.41, 5.74) is 1.39. The minimum atomic E-state index is -1.12. The monoisotopic (exact) mass is 283 g/mol. The standard InChI is InChI=1S/C13H17NO4S/c1-4-5-18-6-11(13(16)17)14-12(15)10-7-19-9(3)8(10)2/h4,7,11H,1,5-6H2,2-3H3,(H,14,15)(H,16,17). The number of hydrogen-bond donors (Lipinski definition) is 2. The summed E-state index contributed by atoms with van der Waals surface area (Å²) in [6.07, 6.45) is 1.52. The smallest absolute Gasteiger partial charge is 0.328 e. The predicted molar refractivity (Wildman–Crippen MR) is 73.7 cm³/mol. The molecular weight excluding hydrogens is 266 g/mol.